The predicted molar refractivity (Wildman–Crippen MR) is 141 cm³/mol. The number of unbranched alkanes of at least 4 members (excludes halogenated alkanes) is 1. The van der Waals surface area contributed by atoms with Crippen molar-refractivity contribution in [2.75, 3.05) is 11.6 Å². The van der Waals surface area contributed by atoms with E-state index < -0.39 is 0 Å². The van der Waals surface area contributed by atoms with Gasteiger partial charge in [0.25, 0.3) is 5.91 Å². The lowest BCUT2D eigenvalue weighted by Crippen LogP contribution is -2.44. The van der Waals surface area contributed by atoms with Crippen LogP contribution in [-0.4, -0.2) is 23.2 Å². The zero-order valence-corrected chi connectivity index (χ0v) is 21.2. The number of hydrogen-bond donors (Lipinski definition) is 1. The van der Waals surface area contributed by atoms with Crippen LogP contribution >= 0.6 is 34.8 Å². The monoisotopic (exact) mass is 516 g/mol. The Labute approximate surface area is 215 Å². The van der Waals surface area contributed by atoms with Crippen molar-refractivity contribution in [1.82, 2.24) is 10.4 Å². The minimum Gasteiger partial charge on any atom is -0.286 e. The maximum absolute atomic E-state index is 13.4. The second kappa shape index (κ2) is 11.3. The summed E-state index contributed by atoms with van der Waals surface area (Å²) in [6.45, 7) is 2.87. The van der Waals surface area contributed by atoms with E-state index in [-0.39, 0.29) is 11.9 Å². The number of halogens is 3. The van der Waals surface area contributed by atoms with Crippen LogP contribution in [0, 0.1) is 0 Å². The van der Waals surface area contributed by atoms with Crippen molar-refractivity contribution in [2.24, 2.45) is 5.10 Å². The van der Waals surface area contributed by atoms with Gasteiger partial charge in [0.1, 0.15) is 5.71 Å². The number of hydrazone groups is 1. The van der Waals surface area contributed by atoms with Gasteiger partial charge in [0.05, 0.1) is 22.4 Å². The molecule has 1 atom stereocenters. The zero-order valence-electron chi connectivity index (χ0n) is 19.0. The van der Waals surface area contributed by atoms with Gasteiger partial charge in [0, 0.05) is 23.0 Å². The number of nitrogens with one attached hydrogen (secondary N) is 1. The van der Waals surface area contributed by atoms with E-state index in [9.17, 15) is 4.79 Å². The molecule has 0 saturated heterocycles. The first-order valence-corrected chi connectivity index (χ1v) is 12.6. The Balaban J connectivity index is 1.62. The second-order valence-corrected chi connectivity index (χ2v) is 9.59. The molecule has 4 rings (SSSR count). The fraction of sp³-hybridized carbons (Fsp3) is 0.308. The van der Waals surface area contributed by atoms with E-state index in [1.165, 1.54) is 0 Å². The molecule has 1 aliphatic carbocycles. The van der Waals surface area contributed by atoms with E-state index >= 15 is 0 Å². The maximum atomic E-state index is 13.4. The summed E-state index contributed by atoms with van der Waals surface area (Å²) in [7, 11) is 0. The third-order valence-corrected chi connectivity index (χ3v) is 6.63. The average Bonchev–Trinajstić information content (AvgIpc) is 3.28. The third kappa shape index (κ3) is 5.77. The molecule has 2 aliphatic rings. The van der Waals surface area contributed by atoms with Crippen LogP contribution < -0.4 is 10.4 Å². The molecule has 0 fully saturated rings. The van der Waals surface area contributed by atoms with Crippen LogP contribution in [0.2, 0.25) is 15.1 Å². The number of anilines is 1. The quantitative estimate of drug-likeness (QED) is 0.373. The van der Waals surface area contributed by atoms with Crippen LogP contribution in [0.5, 0.6) is 0 Å². The molecule has 0 saturated carbocycles. The summed E-state index contributed by atoms with van der Waals surface area (Å²) < 4.78 is 0. The highest BCUT2D eigenvalue weighted by molar-refractivity contribution is 6.40. The van der Waals surface area contributed by atoms with Gasteiger partial charge in [-0.25, -0.2) is 0 Å². The molecule has 0 bridgehead atoms. The van der Waals surface area contributed by atoms with Gasteiger partial charge in [-0.3, -0.25) is 20.2 Å². The van der Waals surface area contributed by atoms with Gasteiger partial charge in [-0.05, 0) is 61.2 Å². The van der Waals surface area contributed by atoms with Crippen molar-refractivity contribution >= 4 is 52.1 Å². The number of carbonyl (C=O) groups is 1. The number of nitrogens with zero attached hydrogens (tertiary/aromatic N) is 3. The highest BCUT2D eigenvalue weighted by Gasteiger charge is 2.34. The summed E-state index contributed by atoms with van der Waals surface area (Å²) in [4.78, 5) is 13.4. The molecule has 1 unspecified atom stereocenters. The Hall–Kier alpha value is -2.47. The first-order chi connectivity index (χ1) is 16.5. The van der Waals surface area contributed by atoms with Gasteiger partial charge in [-0.2, -0.15) is 5.10 Å². The summed E-state index contributed by atoms with van der Waals surface area (Å²) >= 11 is 18.7. The number of amides is 1. The van der Waals surface area contributed by atoms with Crippen molar-refractivity contribution < 1.29 is 4.79 Å². The molecule has 0 radical (unpaired) electrons. The first-order valence-electron chi connectivity index (χ1n) is 11.5. The number of benzene rings is 2. The number of hydrazine groups is 1. The molecule has 0 spiro atoms. The topological polar surface area (TPSA) is 47.9 Å². The van der Waals surface area contributed by atoms with Crippen LogP contribution in [-0.2, 0) is 4.79 Å². The Morgan fingerprint density at radius 1 is 1.12 bits per heavy atom. The van der Waals surface area contributed by atoms with Gasteiger partial charge in [0.15, 0.2) is 0 Å². The fourth-order valence-corrected chi connectivity index (χ4v) is 4.65. The lowest BCUT2D eigenvalue weighted by atomic mass is 10.0. The molecule has 2 aromatic rings. The minimum atomic E-state index is -0.220. The maximum Gasteiger partial charge on any atom is 0.286 e. The van der Waals surface area contributed by atoms with E-state index in [4.69, 9.17) is 39.9 Å². The molecule has 1 heterocycles. The summed E-state index contributed by atoms with van der Waals surface area (Å²) in [5.41, 5.74) is 6.21. The Kier molecular flexibility index (Phi) is 8.19. The summed E-state index contributed by atoms with van der Waals surface area (Å²) in [5.74, 6) is -0.220. The van der Waals surface area contributed by atoms with E-state index in [0.717, 1.165) is 43.5 Å². The highest BCUT2D eigenvalue weighted by Crippen LogP contribution is 2.40. The normalized spacial score (nSPS) is 17.4. The second-order valence-electron chi connectivity index (χ2n) is 8.31. The van der Waals surface area contributed by atoms with Crippen molar-refractivity contribution in [3.8, 4) is 0 Å². The Bertz CT molecular complexity index is 1130. The molecule has 8 heteroatoms. The van der Waals surface area contributed by atoms with E-state index in [1.54, 1.807) is 17.1 Å². The van der Waals surface area contributed by atoms with E-state index in [2.05, 4.69) is 30.6 Å². The number of rotatable bonds is 8. The molecule has 1 amide bonds. The molecular formula is C26H27Cl3N4O. The van der Waals surface area contributed by atoms with E-state index in [0.29, 0.717) is 32.9 Å². The molecular weight excluding hydrogens is 491 g/mol. The largest absolute Gasteiger partial charge is 0.286 e. The summed E-state index contributed by atoms with van der Waals surface area (Å²) in [5, 5.41) is 10.1. The van der Waals surface area contributed by atoms with Crippen molar-refractivity contribution in [1.29, 1.82) is 0 Å². The lowest BCUT2D eigenvalue weighted by molar-refractivity contribution is -0.118. The zero-order chi connectivity index (χ0) is 24.1. The molecule has 5 nitrogen and oxygen atoms in total. The predicted octanol–water partition coefficient (Wildman–Crippen LogP) is 7.32. The number of allylic oxidation sites excluding steroid dienone is 3. The third-order valence-electron chi connectivity index (χ3n) is 5.84. The lowest BCUT2D eigenvalue weighted by Gasteiger charge is -2.27. The first kappa shape index (κ1) is 24.6. The fourth-order valence-electron chi connectivity index (χ4n) is 4.03. The number of carbonyl (C=O) groups excluding carboxylic acids is 1. The van der Waals surface area contributed by atoms with Crippen LogP contribution in [0.4, 0.5) is 5.69 Å². The Morgan fingerprint density at radius 2 is 1.88 bits per heavy atom. The van der Waals surface area contributed by atoms with Gasteiger partial charge in [0.2, 0.25) is 0 Å². The summed E-state index contributed by atoms with van der Waals surface area (Å²) in [6, 6.07) is 12.6. The van der Waals surface area contributed by atoms with E-state index in [1.807, 2.05) is 35.3 Å². The van der Waals surface area contributed by atoms with Crippen molar-refractivity contribution in [3.05, 3.63) is 87.0 Å². The smallest absolute Gasteiger partial charge is 0.286 e. The van der Waals surface area contributed by atoms with Crippen LogP contribution in [0.15, 0.2) is 71.5 Å². The number of hydrogen-bond acceptors (Lipinski definition) is 4. The minimum absolute atomic E-state index is 0.199. The highest BCUT2D eigenvalue weighted by atomic mass is 35.5. The molecule has 1 N–H and O–H groups in total. The molecule has 34 heavy (non-hydrogen) atoms. The standard InChI is InChI=1S/C26H27Cl3N4O/c1-2-3-15-32(21-7-5-4-6-8-21)31-26(34)23-17-25(18-9-11-19(27)12-10-18)33(30-23)24-14-13-20(28)16-22(24)29/h5,7-14,16,25H,2-4,6,15,17H2,1H3,(H,31,34). The summed E-state index contributed by atoms with van der Waals surface area (Å²) in [6.07, 6.45) is 10.8. The average molecular weight is 518 g/mol. The van der Waals surface area contributed by atoms with Gasteiger partial charge < -0.3 is 0 Å². The Morgan fingerprint density at radius 3 is 2.56 bits per heavy atom. The van der Waals surface area contributed by atoms with Crippen molar-refractivity contribution in [2.45, 2.75) is 45.1 Å². The molecule has 178 valence electrons. The van der Waals surface area contributed by atoms with Gasteiger partial charge in [-0.15, -0.1) is 0 Å². The molecule has 1 aliphatic heterocycles. The van der Waals surface area contributed by atoms with Crippen molar-refractivity contribution in [3.63, 3.8) is 0 Å². The molecule has 0 aromatic heterocycles. The van der Waals surface area contributed by atoms with Crippen LogP contribution in [0.25, 0.3) is 0 Å². The molecule has 2 aromatic carbocycles. The van der Waals surface area contributed by atoms with Crippen LogP contribution in [0.3, 0.4) is 0 Å². The van der Waals surface area contributed by atoms with Gasteiger partial charge >= 0.3 is 0 Å². The SMILES string of the molecule is CCCCN(NC(=O)C1=NN(c2ccc(Cl)cc2Cl)C(c2ccc(Cl)cc2)C1)C1=CCCC=C1. The van der Waals surface area contributed by atoms with Gasteiger partial charge in [-0.1, -0.05) is 72.4 Å². The van der Waals surface area contributed by atoms with Crippen LogP contribution in [0.1, 0.15) is 50.6 Å².